The lowest BCUT2D eigenvalue weighted by Gasteiger charge is -2.33. The first-order valence-electron chi connectivity index (χ1n) is 34.6. The van der Waals surface area contributed by atoms with E-state index in [1.54, 1.807) is 0 Å². The standard InChI is InChI=1S/C76H124NO8P/c1-12-14-16-18-20-22-24-26-28-30-32-34-36-48-72(78)84-74(85-73(79)49-37-35-33-31-29-27-25-23-21-19-17-15-13-2)62-83-86(80,81)82-59-58-77-57-54-68(47-39-43-64(4)51-53-71-67(7)46-41-56-76(71,10)11)61-69(77)60-65(5)44-38-42-63(3)50-52-70-66(6)45-40-55-75(70,8)9/h38-39,42-44,47,50-54,60-61,74H,12-37,40-41,45-46,48-49,55-59,62H2,1-11H3,(H,80,81). The fourth-order valence-electron chi connectivity index (χ4n) is 12.2. The van der Waals surface area contributed by atoms with Crippen LogP contribution in [0.4, 0.5) is 0 Å². The number of hydrogen-bond acceptors (Lipinski definition) is 8. The summed E-state index contributed by atoms with van der Waals surface area (Å²) in [5.41, 5.74) is 11.6. The predicted octanol–water partition coefficient (Wildman–Crippen LogP) is 22.7. The number of hydrogen-bond donors (Lipinski definition) is 1. The summed E-state index contributed by atoms with van der Waals surface area (Å²) in [4.78, 5) is 39.4. The Bertz CT molecular complexity index is 2340. The van der Waals surface area contributed by atoms with Gasteiger partial charge in [-0.05, 0) is 131 Å². The third kappa shape index (κ3) is 34.7. The Balaban J connectivity index is 1.65. The molecular weight excluding hydrogens is 1090 g/mol. The first-order chi connectivity index (χ1) is 41.2. The number of nitrogens with zero attached hydrogens (tertiary/aromatic N) is 1. The highest BCUT2D eigenvalue weighted by Gasteiger charge is 2.29. The van der Waals surface area contributed by atoms with Crippen LogP contribution in [-0.4, -0.2) is 54.3 Å². The molecule has 1 heterocycles. The average Bonchev–Trinajstić information content (AvgIpc) is 3.42. The molecule has 0 fully saturated rings. The van der Waals surface area contributed by atoms with Crippen molar-refractivity contribution in [3.8, 4) is 0 Å². The van der Waals surface area contributed by atoms with E-state index in [0.717, 1.165) is 68.2 Å². The molecule has 0 saturated heterocycles. The second-order valence-corrected chi connectivity index (χ2v) is 28.1. The molecule has 10 heteroatoms. The SMILES string of the molecule is CCCCCCCCCCCCCCCC(=O)OC(COP(=O)(O)OCCN1CC=C(C=CC=C(C)C=CC2=C(C)CCCC2(C)C)C=C1C=C(C)C=CC=C(C)C=CC1=C(C)CCCC1(C)C)OC(=O)CCCCCCCCCCCCCCC. The van der Waals surface area contributed by atoms with Crippen molar-refractivity contribution in [2.75, 3.05) is 26.3 Å². The van der Waals surface area contributed by atoms with E-state index in [1.807, 2.05) is 0 Å². The largest absolute Gasteiger partial charge is 0.472 e. The molecule has 3 rings (SSSR count). The van der Waals surface area contributed by atoms with Crippen LogP contribution in [0.3, 0.4) is 0 Å². The smallest absolute Gasteiger partial charge is 0.423 e. The quantitative estimate of drug-likeness (QED) is 0.0209. The Morgan fingerprint density at radius 1 is 0.581 bits per heavy atom. The molecule has 1 aliphatic heterocycles. The molecule has 1 N–H and O–H groups in total. The van der Waals surface area contributed by atoms with Crippen molar-refractivity contribution in [3.05, 3.63) is 129 Å². The number of carbonyl (C=O) groups is 2. The van der Waals surface area contributed by atoms with Gasteiger partial charge in [-0.25, -0.2) is 4.57 Å². The zero-order chi connectivity index (χ0) is 62.9. The maximum atomic E-state index is 13.5. The number of rotatable bonds is 46. The van der Waals surface area contributed by atoms with Gasteiger partial charge in [0.05, 0.1) is 6.61 Å². The van der Waals surface area contributed by atoms with Gasteiger partial charge in [-0.2, -0.15) is 0 Å². The summed E-state index contributed by atoms with van der Waals surface area (Å²) in [6.45, 7) is 24.8. The van der Waals surface area contributed by atoms with Crippen molar-refractivity contribution < 1.29 is 37.6 Å². The molecule has 0 radical (unpaired) electrons. The van der Waals surface area contributed by atoms with E-state index in [0.29, 0.717) is 19.4 Å². The van der Waals surface area contributed by atoms with E-state index < -0.39 is 32.7 Å². The molecule has 0 aromatic carbocycles. The van der Waals surface area contributed by atoms with Crippen molar-refractivity contribution in [1.29, 1.82) is 0 Å². The van der Waals surface area contributed by atoms with E-state index in [4.69, 9.17) is 18.5 Å². The molecule has 0 aromatic heterocycles. The molecule has 486 valence electrons. The van der Waals surface area contributed by atoms with Crippen molar-refractivity contribution in [3.63, 3.8) is 0 Å². The fraction of sp³-hybridized carbons (Fsp3) is 0.684. The Hall–Kier alpha value is -4.01. The summed E-state index contributed by atoms with van der Waals surface area (Å²) >= 11 is 0. The van der Waals surface area contributed by atoms with Crippen molar-refractivity contribution in [1.82, 2.24) is 4.90 Å². The summed E-state index contributed by atoms with van der Waals surface area (Å²) in [7, 11) is -4.67. The van der Waals surface area contributed by atoms with Crippen LogP contribution < -0.4 is 0 Å². The minimum Gasteiger partial charge on any atom is -0.423 e. The van der Waals surface area contributed by atoms with E-state index in [-0.39, 0.29) is 36.8 Å². The van der Waals surface area contributed by atoms with Gasteiger partial charge in [0.2, 0.25) is 0 Å². The minimum atomic E-state index is -4.67. The topological polar surface area (TPSA) is 112 Å². The van der Waals surface area contributed by atoms with Crippen LogP contribution in [0, 0.1) is 10.8 Å². The molecule has 1 atom stereocenters. The summed E-state index contributed by atoms with van der Waals surface area (Å²) in [6, 6.07) is 0. The summed E-state index contributed by atoms with van der Waals surface area (Å²) in [6.07, 6.45) is 65.1. The molecule has 1 unspecified atom stereocenters. The third-order valence-electron chi connectivity index (χ3n) is 17.6. The Labute approximate surface area is 526 Å². The van der Waals surface area contributed by atoms with Crippen molar-refractivity contribution in [2.24, 2.45) is 10.8 Å². The summed E-state index contributed by atoms with van der Waals surface area (Å²) in [5.74, 6) is -1.06. The van der Waals surface area contributed by atoms with Crippen LogP contribution in [0.2, 0.25) is 0 Å². The van der Waals surface area contributed by atoms with Crippen LogP contribution in [0.5, 0.6) is 0 Å². The van der Waals surface area contributed by atoms with E-state index in [2.05, 4.69) is 160 Å². The Morgan fingerprint density at radius 3 is 1.43 bits per heavy atom. The molecule has 0 bridgehead atoms. The lowest BCUT2D eigenvalue weighted by molar-refractivity contribution is -0.193. The van der Waals surface area contributed by atoms with E-state index in [1.165, 1.54) is 175 Å². The molecule has 0 aromatic rings. The van der Waals surface area contributed by atoms with Crippen LogP contribution >= 0.6 is 7.82 Å². The monoisotopic (exact) mass is 1210 g/mol. The number of carbonyl (C=O) groups excluding carboxylic acids is 2. The maximum absolute atomic E-state index is 13.5. The molecular formula is C76H124NO8P. The average molecular weight is 1210 g/mol. The number of allylic oxidation sites excluding steroid dienone is 20. The van der Waals surface area contributed by atoms with Crippen LogP contribution in [0.25, 0.3) is 0 Å². The second-order valence-electron chi connectivity index (χ2n) is 26.7. The number of esters is 2. The number of phosphoric acid groups is 1. The predicted molar refractivity (Wildman–Crippen MR) is 365 cm³/mol. The van der Waals surface area contributed by atoms with Gasteiger partial charge in [0.25, 0.3) is 6.29 Å². The van der Waals surface area contributed by atoms with E-state index in [9.17, 15) is 19.0 Å². The maximum Gasteiger partial charge on any atom is 0.472 e. The van der Waals surface area contributed by atoms with Gasteiger partial charge in [-0.1, -0.05) is 285 Å². The van der Waals surface area contributed by atoms with Crippen LogP contribution in [0.15, 0.2) is 129 Å². The van der Waals surface area contributed by atoms with Gasteiger partial charge < -0.3 is 19.3 Å². The first kappa shape index (κ1) is 76.2. The fourth-order valence-corrected chi connectivity index (χ4v) is 12.8. The first-order valence-corrected chi connectivity index (χ1v) is 36.1. The number of phosphoric ester groups is 1. The molecule has 86 heavy (non-hydrogen) atoms. The molecule has 0 saturated carbocycles. The zero-order valence-electron chi connectivity index (χ0n) is 56.7. The summed E-state index contributed by atoms with van der Waals surface area (Å²) < 4.78 is 35.8. The van der Waals surface area contributed by atoms with Gasteiger partial charge in [0.15, 0.2) is 0 Å². The highest BCUT2D eigenvalue weighted by molar-refractivity contribution is 7.47. The molecule has 9 nitrogen and oxygen atoms in total. The lowest BCUT2D eigenvalue weighted by Crippen LogP contribution is -2.30. The molecule has 0 spiro atoms. The lowest BCUT2D eigenvalue weighted by atomic mass is 9.72. The normalized spacial score (nSPS) is 17.9. The number of ether oxygens (including phenoxy) is 2. The third-order valence-corrected chi connectivity index (χ3v) is 18.5. The zero-order valence-corrected chi connectivity index (χ0v) is 57.5. The Kier molecular flexibility index (Phi) is 39.4. The number of unbranched alkanes of at least 4 members (excludes halogenated alkanes) is 24. The van der Waals surface area contributed by atoms with Gasteiger partial charge >= 0.3 is 19.8 Å². The van der Waals surface area contributed by atoms with Gasteiger partial charge in [0.1, 0.15) is 6.61 Å². The molecule has 0 amide bonds. The van der Waals surface area contributed by atoms with Gasteiger partial charge in [-0.3, -0.25) is 18.6 Å². The molecule has 2 aliphatic carbocycles. The van der Waals surface area contributed by atoms with E-state index >= 15 is 0 Å². The van der Waals surface area contributed by atoms with Crippen LogP contribution in [0.1, 0.15) is 294 Å². The van der Waals surface area contributed by atoms with Gasteiger partial charge in [0, 0.05) is 31.6 Å². The van der Waals surface area contributed by atoms with Crippen molar-refractivity contribution in [2.45, 2.75) is 301 Å². The Morgan fingerprint density at radius 2 is 1.00 bits per heavy atom. The highest BCUT2D eigenvalue weighted by Crippen LogP contribution is 2.44. The summed E-state index contributed by atoms with van der Waals surface area (Å²) in [5, 5.41) is 0. The second kappa shape index (κ2) is 44.4. The van der Waals surface area contributed by atoms with Crippen LogP contribution in [-0.2, 0) is 32.7 Å². The molecule has 3 aliphatic rings. The highest BCUT2D eigenvalue weighted by atomic mass is 31.2. The van der Waals surface area contributed by atoms with Crippen molar-refractivity contribution >= 4 is 19.8 Å². The minimum absolute atomic E-state index is 0.128. The van der Waals surface area contributed by atoms with Gasteiger partial charge in [-0.15, -0.1) is 0 Å².